The van der Waals surface area contributed by atoms with Crippen LogP contribution in [0.1, 0.15) is 40.5 Å². The lowest BCUT2D eigenvalue weighted by Gasteiger charge is -2.12. The van der Waals surface area contributed by atoms with Gasteiger partial charge in [0.1, 0.15) is 0 Å². The van der Waals surface area contributed by atoms with Crippen molar-refractivity contribution in [3.63, 3.8) is 0 Å². The van der Waals surface area contributed by atoms with E-state index in [1.165, 1.54) is 12.1 Å². The summed E-state index contributed by atoms with van der Waals surface area (Å²) in [7, 11) is 2.05. The number of hydrazone groups is 1. The van der Waals surface area contributed by atoms with Gasteiger partial charge in [0, 0.05) is 25.8 Å². The Kier molecular flexibility index (Phi) is 7.60. The molecule has 0 spiro atoms. The maximum Gasteiger partial charge on any atom is 0.179 e. The third-order valence-electron chi connectivity index (χ3n) is 2.25. The Hall–Kier alpha value is -1.12. The van der Waals surface area contributed by atoms with Gasteiger partial charge in [-0.1, -0.05) is 6.92 Å². The van der Waals surface area contributed by atoms with Crippen molar-refractivity contribution >= 4 is 11.9 Å². The fraction of sp³-hybridized carbons (Fsp3) is 0.667. The maximum absolute atomic E-state index is 4.05. The largest absolute Gasteiger partial charge is 0.268 e. The van der Waals surface area contributed by atoms with E-state index in [1.807, 2.05) is 26.4 Å². The van der Waals surface area contributed by atoms with Gasteiger partial charge in [0.2, 0.25) is 0 Å². The highest BCUT2D eigenvalue weighted by Crippen LogP contribution is 1.96. The van der Waals surface area contributed by atoms with Crippen molar-refractivity contribution in [3.8, 4) is 0 Å². The first kappa shape index (κ1) is 13.9. The number of hydrogen-bond donors (Lipinski definition) is 0. The van der Waals surface area contributed by atoms with Crippen LogP contribution in [-0.4, -0.2) is 35.2 Å². The molecule has 0 bridgehead atoms. The summed E-state index contributed by atoms with van der Waals surface area (Å²) in [6.45, 7) is 9.44. The maximum atomic E-state index is 4.05. The molecule has 0 fully saturated rings. The lowest BCUT2D eigenvalue weighted by Crippen LogP contribution is -2.31. The molecule has 0 N–H and O–H groups in total. The van der Waals surface area contributed by atoms with Crippen molar-refractivity contribution in [2.75, 3.05) is 13.6 Å². The van der Waals surface area contributed by atoms with Gasteiger partial charge in [-0.3, -0.25) is 4.99 Å². The molecule has 0 atom stereocenters. The van der Waals surface area contributed by atoms with Crippen LogP contribution in [0.4, 0.5) is 0 Å². The fourth-order valence-electron chi connectivity index (χ4n) is 1.55. The summed E-state index contributed by atoms with van der Waals surface area (Å²) in [6, 6.07) is 0. The van der Waals surface area contributed by atoms with E-state index in [4.69, 9.17) is 0 Å². The highest BCUT2D eigenvalue weighted by molar-refractivity contribution is 5.76. The van der Waals surface area contributed by atoms with Crippen LogP contribution in [0.15, 0.2) is 17.4 Å². The van der Waals surface area contributed by atoms with Crippen LogP contribution < -0.4 is 0 Å². The Balaban J connectivity index is 4.59. The SMILES string of the molecule is CC=NC=CN(C)[N+](CC)=C(C)CCC. The molecule has 0 saturated heterocycles. The minimum Gasteiger partial charge on any atom is -0.268 e. The monoisotopic (exact) mass is 210 g/mol. The Labute approximate surface area is 93.8 Å². The van der Waals surface area contributed by atoms with Crippen molar-refractivity contribution in [1.82, 2.24) is 5.01 Å². The van der Waals surface area contributed by atoms with Crippen LogP contribution in [0.2, 0.25) is 0 Å². The van der Waals surface area contributed by atoms with Crippen LogP contribution in [-0.2, 0) is 0 Å². The Morgan fingerprint density at radius 2 is 2.07 bits per heavy atom. The van der Waals surface area contributed by atoms with E-state index in [0.717, 1.165) is 13.0 Å². The van der Waals surface area contributed by atoms with Gasteiger partial charge in [-0.2, -0.15) is 5.01 Å². The molecule has 0 saturated carbocycles. The predicted molar refractivity (Wildman–Crippen MR) is 67.5 cm³/mol. The molecule has 0 amide bonds. The third-order valence-corrected chi connectivity index (χ3v) is 2.25. The first-order chi connectivity index (χ1) is 7.17. The first-order valence-corrected chi connectivity index (χ1v) is 5.64. The number of aliphatic imine (C=N–C) groups is 1. The second-order valence-electron chi connectivity index (χ2n) is 3.48. The van der Waals surface area contributed by atoms with E-state index in [0.29, 0.717) is 0 Å². The molecule has 86 valence electrons. The Morgan fingerprint density at radius 1 is 1.40 bits per heavy atom. The van der Waals surface area contributed by atoms with Gasteiger partial charge in [-0.15, -0.1) is 4.68 Å². The normalized spacial score (nSPS) is 13.7. The molecule has 0 aromatic rings. The Morgan fingerprint density at radius 3 is 2.53 bits per heavy atom. The molecule has 0 unspecified atom stereocenters. The zero-order valence-electron chi connectivity index (χ0n) is 10.7. The third kappa shape index (κ3) is 5.35. The summed E-state index contributed by atoms with van der Waals surface area (Å²) in [6.07, 6.45) is 7.89. The zero-order chi connectivity index (χ0) is 11.7. The molecule has 0 rings (SSSR count). The van der Waals surface area contributed by atoms with E-state index in [2.05, 4.69) is 35.5 Å². The van der Waals surface area contributed by atoms with Gasteiger partial charge in [0.15, 0.2) is 12.3 Å². The smallest absolute Gasteiger partial charge is 0.179 e. The molecule has 0 aromatic heterocycles. The average Bonchev–Trinajstić information content (AvgIpc) is 2.19. The molecule has 0 aliphatic rings. The van der Waals surface area contributed by atoms with E-state index in [9.17, 15) is 0 Å². The van der Waals surface area contributed by atoms with Crippen LogP contribution in [0.5, 0.6) is 0 Å². The van der Waals surface area contributed by atoms with Gasteiger partial charge < -0.3 is 0 Å². The van der Waals surface area contributed by atoms with Crippen LogP contribution in [0, 0.1) is 0 Å². The van der Waals surface area contributed by atoms with Crippen LogP contribution in [0.25, 0.3) is 0 Å². The molecule has 3 heteroatoms. The molecule has 15 heavy (non-hydrogen) atoms. The van der Waals surface area contributed by atoms with E-state index in [1.54, 1.807) is 6.21 Å². The van der Waals surface area contributed by atoms with Crippen LogP contribution in [0.3, 0.4) is 0 Å². The minimum atomic E-state index is 0.989. The minimum absolute atomic E-state index is 0.989. The van der Waals surface area contributed by atoms with Crippen molar-refractivity contribution in [3.05, 3.63) is 12.4 Å². The summed E-state index contributed by atoms with van der Waals surface area (Å²) in [5, 5.41) is 2.08. The van der Waals surface area contributed by atoms with Crippen molar-refractivity contribution in [1.29, 1.82) is 0 Å². The second kappa shape index (κ2) is 8.21. The predicted octanol–water partition coefficient (Wildman–Crippen LogP) is 2.69. The lowest BCUT2D eigenvalue weighted by atomic mass is 10.2. The number of hydrazine groups is 1. The molecule has 0 aromatic carbocycles. The van der Waals surface area contributed by atoms with Gasteiger partial charge in [0.25, 0.3) is 0 Å². The van der Waals surface area contributed by atoms with E-state index >= 15 is 0 Å². The summed E-state index contributed by atoms with van der Waals surface area (Å²) in [4.78, 5) is 4.05. The molecular weight excluding hydrogens is 186 g/mol. The summed E-state index contributed by atoms with van der Waals surface area (Å²) < 4.78 is 2.26. The topological polar surface area (TPSA) is 18.6 Å². The van der Waals surface area contributed by atoms with Gasteiger partial charge in [-0.05, 0) is 20.3 Å². The van der Waals surface area contributed by atoms with Gasteiger partial charge in [-0.25, -0.2) is 0 Å². The summed E-state index contributed by atoms with van der Waals surface area (Å²) >= 11 is 0. The number of rotatable bonds is 6. The average molecular weight is 210 g/mol. The molecule has 0 aliphatic heterocycles. The number of nitrogens with zero attached hydrogens (tertiary/aromatic N) is 3. The van der Waals surface area contributed by atoms with Crippen molar-refractivity contribution in [2.45, 2.75) is 40.5 Å². The quantitative estimate of drug-likeness (QED) is 0.374. The van der Waals surface area contributed by atoms with Crippen molar-refractivity contribution in [2.24, 2.45) is 4.99 Å². The molecule has 0 radical (unpaired) electrons. The van der Waals surface area contributed by atoms with Gasteiger partial charge in [0.05, 0.1) is 13.2 Å². The lowest BCUT2D eigenvalue weighted by molar-refractivity contribution is -0.668. The molecule has 0 aliphatic carbocycles. The molecule has 3 nitrogen and oxygen atoms in total. The summed E-state index contributed by atoms with van der Waals surface area (Å²) in [5.41, 5.74) is 1.40. The highest BCUT2D eigenvalue weighted by Gasteiger charge is 2.10. The first-order valence-electron chi connectivity index (χ1n) is 5.64. The fourth-order valence-corrected chi connectivity index (χ4v) is 1.55. The zero-order valence-corrected chi connectivity index (χ0v) is 10.7. The standard InChI is InChI=1S/C12H24N3/c1-6-9-12(4)15(8-3)14(5)11-10-13-7-2/h7,10-11H,6,8-9H2,1-5H3/q+1. The highest BCUT2D eigenvalue weighted by atomic mass is 15.5. The second-order valence-corrected chi connectivity index (χ2v) is 3.48. The Bertz CT molecular complexity index is 252. The molecule has 0 heterocycles. The van der Waals surface area contributed by atoms with E-state index in [-0.39, 0.29) is 0 Å². The summed E-state index contributed by atoms with van der Waals surface area (Å²) in [5.74, 6) is 0. The van der Waals surface area contributed by atoms with Crippen LogP contribution >= 0.6 is 0 Å². The molecular formula is C12H24N3+. The number of hydrogen-bond acceptors (Lipinski definition) is 2. The van der Waals surface area contributed by atoms with E-state index < -0.39 is 0 Å². The van der Waals surface area contributed by atoms with Crippen molar-refractivity contribution < 1.29 is 4.68 Å². The van der Waals surface area contributed by atoms with Gasteiger partial charge >= 0.3 is 0 Å².